The van der Waals surface area contributed by atoms with E-state index >= 15 is 0 Å². The van der Waals surface area contributed by atoms with E-state index in [1.807, 2.05) is 0 Å². The minimum Gasteiger partial charge on any atom is -0.459 e. The molecule has 0 radical (unpaired) electrons. The molecule has 0 saturated carbocycles. The second-order valence-corrected chi connectivity index (χ2v) is 9.34. The highest BCUT2D eigenvalue weighted by Gasteiger charge is 2.32. The summed E-state index contributed by atoms with van der Waals surface area (Å²) >= 11 is 3.26. The van der Waals surface area contributed by atoms with E-state index < -0.39 is 15.8 Å². The lowest BCUT2D eigenvalue weighted by molar-refractivity contribution is 0.119. The molecular weight excluding hydrogens is 452 g/mol. The standard InChI is InChI=1S/C17H17BrN4O5S/c1-21-14-7-13(4-5-15(14)27-17(21)23)28(24,25)22-6-2-3-12(10-22)26-16-19-8-11(18)9-20-16/h4-5,7-9,12H,2-3,6,10H2,1H3. The molecular formula is C17H17BrN4O5S. The molecule has 1 fully saturated rings. The summed E-state index contributed by atoms with van der Waals surface area (Å²) in [5.41, 5.74) is 0.776. The van der Waals surface area contributed by atoms with E-state index in [2.05, 4.69) is 25.9 Å². The molecule has 11 heteroatoms. The molecule has 0 bridgehead atoms. The number of halogens is 1. The lowest BCUT2D eigenvalue weighted by Crippen LogP contribution is -2.44. The molecule has 1 aliphatic heterocycles. The van der Waals surface area contributed by atoms with E-state index in [9.17, 15) is 13.2 Å². The Morgan fingerprint density at radius 3 is 2.79 bits per heavy atom. The van der Waals surface area contributed by atoms with Crippen LogP contribution in [0.2, 0.25) is 0 Å². The first-order chi connectivity index (χ1) is 13.3. The fraction of sp³-hybridized carbons (Fsp3) is 0.353. The number of hydrogen-bond donors (Lipinski definition) is 0. The summed E-state index contributed by atoms with van der Waals surface area (Å²) in [4.78, 5) is 19.9. The first kappa shape index (κ1) is 19.1. The lowest BCUT2D eigenvalue weighted by atomic mass is 10.1. The van der Waals surface area contributed by atoms with Gasteiger partial charge in [0.2, 0.25) is 10.0 Å². The van der Waals surface area contributed by atoms with E-state index in [0.717, 1.165) is 4.47 Å². The number of sulfonamides is 1. The Morgan fingerprint density at radius 2 is 2.04 bits per heavy atom. The van der Waals surface area contributed by atoms with E-state index in [1.165, 1.54) is 34.1 Å². The molecule has 0 amide bonds. The molecule has 3 aromatic rings. The zero-order valence-corrected chi connectivity index (χ0v) is 17.3. The van der Waals surface area contributed by atoms with Crippen LogP contribution in [0.5, 0.6) is 6.01 Å². The monoisotopic (exact) mass is 468 g/mol. The average molecular weight is 469 g/mol. The van der Waals surface area contributed by atoms with Gasteiger partial charge in [-0.3, -0.25) is 4.57 Å². The van der Waals surface area contributed by atoms with Crippen molar-refractivity contribution in [1.82, 2.24) is 18.8 Å². The third kappa shape index (κ3) is 3.56. The molecule has 28 heavy (non-hydrogen) atoms. The Labute approximate surface area is 169 Å². The zero-order valence-electron chi connectivity index (χ0n) is 14.9. The highest BCUT2D eigenvalue weighted by Crippen LogP contribution is 2.25. The van der Waals surface area contributed by atoms with Crippen LogP contribution in [0.3, 0.4) is 0 Å². The number of oxazole rings is 1. The fourth-order valence-electron chi connectivity index (χ4n) is 3.15. The molecule has 1 atom stereocenters. The largest absolute Gasteiger partial charge is 0.459 e. The van der Waals surface area contributed by atoms with Crippen molar-refractivity contribution in [2.75, 3.05) is 13.1 Å². The highest BCUT2D eigenvalue weighted by atomic mass is 79.9. The summed E-state index contributed by atoms with van der Waals surface area (Å²) in [7, 11) is -2.21. The van der Waals surface area contributed by atoms with Crippen LogP contribution >= 0.6 is 15.9 Å². The summed E-state index contributed by atoms with van der Waals surface area (Å²) in [6, 6.07) is 4.61. The van der Waals surface area contributed by atoms with Gasteiger partial charge in [0, 0.05) is 26.0 Å². The minimum atomic E-state index is -3.74. The van der Waals surface area contributed by atoms with E-state index in [-0.39, 0.29) is 23.6 Å². The SMILES string of the molecule is Cn1c(=O)oc2ccc(S(=O)(=O)N3CCCC(Oc4ncc(Br)cn4)C3)cc21. The van der Waals surface area contributed by atoms with Gasteiger partial charge >= 0.3 is 11.8 Å². The maximum absolute atomic E-state index is 13.1. The fourth-order valence-corrected chi connectivity index (χ4v) is 4.88. The average Bonchev–Trinajstić information content (AvgIpc) is 2.97. The first-order valence-corrected chi connectivity index (χ1v) is 10.8. The van der Waals surface area contributed by atoms with Gasteiger partial charge in [0.05, 0.1) is 21.4 Å². The quantitative estimate of drug-likeness (QED) is 0.575. The first-order valence-electron chi connectivity index (χ1n) is 8.58. The van der Waals surface area contributed by atoms with Gasteiger partial charge in [0.25, 0.3) is 0 Å². The van der Waals surface area contributed by atoms with Crippen LogP contribution in [0.4, 0.5) is 0 Å². The van der Waals surface area contributed by atoms with Gasteiger partial charge in [-0.2, -0.15) is 4.31 Å². The van der Waals surface area contributed by atoms with Crippen LogP contribution in [0, 0.1) is 0 Å². The highest BCUT2D eigenvalue weighted by molar-refractivity contribution is 9.10. The molecule has 1 saturated heterocycles. The second kappa shape index (κ2) is 7.30. The van der Waals surface area contributed by atoms with Gasteiger partial charge in [-0.05, 0) is 47.0 Å². The van der Waals surface area contributed by atoms with E-state index in [1.54, 1.807) is 12.4 Å². The third-order valence-electron chi connectivity index (χ3n) is 4.61. The summed E-state index contributed by atoms with van der Waals surface area (Å²) < 4.78 is 40.4. The Bertz CT molecular complexity index is 1170. The molecule has 0 aliphatic carbocycles. The summed E-state index contributed by atoms with van der Waals surface area (Å²) in [5.74, 6) is -0.537. The number of benzene rings is 1. The van der Waals surface area contributed by atoms with Crippen molar-refractivity contribution in [2.45, 2.75) is 23.8 Å². The third-order valence-corrected chi connectivity index (χ3v) is 6.88. The van der Waals surface area contributed by atoms with Crippen molar-refractivity contribution in [2.24, 2.45) is 7.05 Å². The second-order valence-electron chi connectivity index (χ2n) is 6.49. The molecule has 0 N–H and O–H groups in total. The molecule has 0 spiro atoms. The number of hydrogen-bond acceptors (Lipinski definition) is 7. The molecule has 148 valence electrons. The number of ether oxygens (including phenoxy) is 1. The van der Waals surface area contributed by atoms with E-state index in [0.29, 0.717) is 30.5 Å². The summed E-state index contributed by atoms with van der Waals surface area (Å²) in [5, 5.41) is 0. The maximum atomic E-state index is 13.1. The molecule has 4 rings (SSSR count). The van der Waals surface area contributed by atoms with Crippen LogP contribution in [0.15, 0.2) is 49.2 Å². The van der Waals surface area contributed by atoms with Gasteiger partial charge in [-0.25, -0.2) is 23.2 Å². The van der Waals surface area contributed by atoms with Crippen molar-refractivity contribution in [3.8, 4) is 6.01 Å². The number of fused-ring (bicyclic) bond motifs is 1. The maximum Gasteiger partial charge on any atom is 0.419 e. The normalized spacial score (nSPS) is 18.4. The molecule has 1 unspecified atom stereocenters. The van der Waals surface area contributed by atoms with Crippen molar-refractivity contribution < 1.29 is 17.6 Å². The topological polar surface area (TPSA) is 108 Å². The predicted molar refractivity (Wildman–Crippen MR) is 104 cm³/mol. The van der Waals surface area contributed by atoms with Gasteiger partial charge in [-0.15, -0.1) is 0 Å². The number of rotatable bonds is 4. The minimum absolute atomic E-state index is 0.108. The molecule has 2 aromatic heterocycles. The van der Waals surface area contributed by atoms with Gasteiger partial charge in [0.15, 0.2) is 5.58 Å². The molecule has 1 aliphatic rings. The van der Waals surface area contributed by atoms with Crippen molar-refractivity contribution in [1.29, 1.82) is 0 Å². The molecule has 9 nitrogen and oxygen atoms in total. The summed E-state index contributed by atoms with van der Waals surface area (Å²) in [6.45, 7) is 0.593. The van der Waals surface area contributed by atoms with Crippen molar-refractivity contribution in [3.63, 3.8) is 0 Å². The predicted octanol–water partition coefficient (Wildman–Crippen LogP) is 1.92. The number of aromatic nitrogens is 3. The smallest absolute Gasteiger partial charge is 0.419 e. The summed E-state index contributed by atoms with van der Waals surface area (Å²) in [6.07, 6.45) is 4.17. The Morgan fingerprint density at radius 1 is 1.29 bits per heavy atom. The van der Waals surface area contributed by atoms with Crippen LogP contribution < -0.4 is 10.5 Å². The van der Waals surface area contributed by atoms with Gasteiger partial charge in [0.1, 0.15) is 6.10 Å². The van der Waals surface area contributed by atoms with Crippen LogP contribution in [-0.2, 0) is 17.1 Å². The Balaban J connectivity index is 1.57. The van der Waals surface area contributed by atoms with Crippen molar-refractivity contribution >= 4 is 37.1 Å². The lowest BCUT2D eigenvalue weighted by Gasteiger charge is -2.31. The van der Waals surface area contributed by atoms with E-state index in [4.69, 9.17) is 9.15 Å². The Hall–Kier alpha value is -2.24. The van der Waals surface area contributed by atoms with Crippen molar-refractivity contribution in [3.05, 3.63) is 45.6 Å². The zero-order chi connectivity index (χ0) is 19.9. The van der Waals surface area contributed by atoms with Crippen LogP contribution in [-0.4, -0.2) is 46.5 Å². The molecule has 3 heterocycles. The Kier molecular flexibility index (Phi) is 4.98. The number of piperidine rings is 1. The molecule has 1 aromatic carbocycles. The van der Waals surface area contributed by atoms with Gasteiger partial charge in [-0.1, -0.05) is 0 Å². The van der Waals surface area contributed by atoms with Gasteiger partial charge < -0.3 is 9.15 Å². The van der Waals surface area contributed by atoms with Crippen LogP contribution in [0.1, 0.15) is 12.8 Å². The number of aryl methyl sites for hydroxylation is 1. The van der Waals surface area contributed by atoms with Crippen LogP contribution in [0.25, 0.3) is 11.1 Å². The number of nitrogens with zero attached hydrogens (tertiary/aromatic N) is 4.